The fourth-order valence-electron chi connectivity index (χ4n) is 4.55. The molecule has 1 atom stereocenters. The average Bonchev–Trinajstić information content (AvgIpc) is 2.87. The molecule has 41 heavy (non-hydrogen) atoms. The normalized spacial score (nSPS) is 16.4. The van der Waals surface area contributed by atoms with Gasteiger partial charge in [-0.25, -0.2) is 12.8 Å². The van der Waals surface area contributed by atoms with Gasteiger partial charge in [-0.15, -0.1) is 0 Å². The second-order valence-electron chi connectivity index (χ2n) is 10.3. The largest absolute Gasteiger partial charge is 0.416 e. The number of allylic oxidation sites excluding steroid dienone is 1. The third kappa shape index (κ3) is 6.58. The van der Waals surface area contributed by atoms with Crippen molar-refractivity contribution >= 4 is 44.9 Å². The maximum atomic E-state index is 14.5. The van der Waals surface area contributed by atoms with Crippen LogP contribution in [-0.2, 0) is 27.4 Å². The predicted molar refractivity (Wildman–Crippen MR) is 149 cm³/mol. The van der Waals surface area contributed by atoms with Gasteiger partial charge in [-0.2, -0.15) is 13.2 Å². The summed E-state index contributed by atoms with van der Waals surface area (Å²) >= 11 is 6.19. The molecule has 12 heteroatoms. The zero-order valence-electron chi connectivity index (χ0n) is 22.3. The first-order valence-electron chi connectivity index (χ1n) is 12.5. The highest BCUT2D eigenvalue weighted by Gasteiger charge is 2.37. The molecule has 2 N–H and O–H groups in total. The highest BCUT2D eigenvalue weighted by Crippen LogP contribution is 2.37. The molecule has 0 saturated heterocycles. The third-order valence-corrected chi connectivity index (χ3v) is 8.70. The van der Waals surface area contributed by atoms with Crippen molar-refractivity contribution in [2.75, 3.05) is 10.8 Å². The number of fused-ring (bicyclic) bond motifs is 1. The minimum Gasteiger partial charge on any atom is -0.381 e. The summed E-state index contributed by atoms with van der Waals surface area (Å²) in [6.07, 6.45) is -2.96. The Bertz CT molecular complexity index is 1610. The number of sulfonamides is 1. The number of carbonyl (C=O) groups is 1. The van der Waals surface area contributed by atoms with Gasteiger partial charge in [0.1, 0.15) is 11.4 Å². The smallest absolute Gasteiger partial charge is 0.381 e. The van der Waals surface area contributed by atoms with Crippen LogP contribution in [0, 0.1) is 5.82 Å². The molecule has 0 bridgehead atoms. The van der Waals surface area contributed by atoms with E-state index < -0.39 is 50.0 Å². The topological polar surface area (TPSA) is 86.7 Å². The Hall–Kier alpha value is -3.41. The van der Waals surface area contributed by atoms with Crippen molar-refractivity contribution in [2.45, 2.75) is 49.9 Å². The number of aliphatic hydroxyl groups is 1. The molecule has 1 amide bonds. The van der Waals surface area contributed by atoms with E-state index in [1.165, 1.54) is 38.1 Å². The summed E-state index contributed by atoms with van der Waals surface area (Å²) in [4.78, 5) is 11.9. The van der Waals surface area contributed by atoms with E-state index in [4.69, 9.17) is 11.6 Å². The molecular formula is C29H27ClF4N2O4S. The van der Waals surface area contributed by atoms with Crippen molar-refractivity contribution in [3.05, 3.63) is 93.8 Å². The molecule has 0 radical (unpaired) electrons. The van der Waals surface area contributed by atoms with Crippen molar-refractivity contribution in [1.82, 2.24) is 5.32 Å². The fourth-order valence-corrected chi connectivity index (χ4v) is 6.45. The van der Waals surface area contributed by atoms with Gasteiger partial charge in [-0.1, -0.05) is 41.9 Å². The number of hydrogen-bond acceptors (Lipinski definition) is 4. The van der Waals surface area contributed by atoms with Gasteiger partial charge in [-0.3, -0.25) is 9.10 Å². The number of alkyl halides is 3. The van der Waals surface area contributed by atoms with Crippen LogP contribution in [0.5, 0.6) is 0 Å². The van der Waals surface area contributed by atoms with Crippen molar-refractivity contribution in [3.8, 4) is 0 Å². The molecular weight excluding hydrogens is 584 g/mol. The van der Waals surface area contributed by atoms with Crippen molar-refractivity contribution in [2.24, 2.45) is 0 Å². The molecule has 1 aliphatic heterocycles. The fraction of sp³-hybridized carbons (Fsp3) is 0.276. The summed E-state index contributed by atoms with van der Waals surface area (Å²) in [5.41, 5.74) is -1.06. The highest BCUT2D eigenvalue weighted by atomic mass is 35.5. The molecule has 0 saturated carbocycles. The second kappa shape index (κ2) is 11.1. The lowest BCUT2D eigenvalue weighted by atomic mass is 9.96. The summed E-state index contributed by atoms with van der Waals surface area (Å²) < 4.78 is 83.3. The van der Waals surface area contributed by atoms with Crippen LogP contribution in [0.1, 0.15) is 43.0 Å². The number of amides is 1. The summed E-state index contributed by atoms with van der Waals surface area (Å²) in [7, 11) is -4.56. The minimum absolute atomic E-state index is 0.176. The molecule has 0 fully saturated rings. The van der Waals surface area contributed by atoms with Gasteiger partial charge < -0.3 is 10.4 Å². The van der Waals surface area contributed by atoms with E-state index in [0.717, 1.165) is 22.5 Å². The molecule has 1 heterocycles. The predicted octanol–water partition coefficient (Wildman–Crippen LogP) is 6.07. The zero-order chi connectivity index (χ0) is 30.3. The number of nitrogens with one attached hydrogen (secondary N) is 1. The van der Waals surface area contributed by atoms with Crippen LogP contribution >= 0.6 is 11.6 Å². The first kappa shape index (κ1) is 30.5. The standard InChI is InChI=1S/C29H27ClF4N2O4S/c1-17(26-23(30)8-5-9-24(26)31)12-18-10-11-19-14-21(35-27(37)28(2,3)38)16-36(25(19)13-18)41(39,40)22-7-4-6-20(15-22)29(32,33)34/h4-13,15,21,38H,14,16H2,1-3H3,(H,35,37)/b17-12+/t21-/m1/s1. The van der Waals surface area contributed by atoms with Crippen LogP contribution in [0.25, 0.3) is 11.6 Å². The maximum absolute atomic E-state index is 14.5. The summed E-state index contributed by atoms with van der Waals surface area (Å²) in [6.45, 7) is 3.89. The van der Waals surface area contributed by atoms with Crippen LogP contribution < -0.4 is 9.62 Å². The lowest BCUT2D eigenvalue weighted by Gasteiger charge is -2.36. The van der Waals surface area contributed by atoms with Crippen LogP contribution in [0.2, 0.25) is 5.02 Å². The number of carbonyl (C=O) groups excluding carboxylic acids is 1. The van der Waals surface area contributed by atoms with Gasteiger partial charge in [0.15, 0.2) is 0 Å². The Labute approximate surface area is 240 Å². The van der Waals surface area contributed by atoms with Crippen molar-refractivity contribution in [1.29, 1.82) is 0 Å². The van der Waals surface area contributed by atoms with Crippen LogP contribution in [0.3, 0.4) is 0 Å². The first-order chi connectivity index (χ1) is 19.0. The van der Waals surface area contributed by atoms with Gasteiger partial charge in [-0.05, 0) is 80.3 Å². The molecule has 3 aromatic carbocycles. The van der Waals surface area contributed by atoms with Crippen LogP contribution in [0.4, 0.5) is 23.2 Å². The Kier molecular flexibility index (Phi) is 8.28. The monoisotopic (exact) mass is 610 g/mol. The van der Waals surface area contributed by atoms with Crippen molar-refractivity contribution in [3.63, 3.8) is 0 Å². The van der Waals surface area contributed by atoms with Gasteiger partial charge in [0.2, 0.25) is 0 Å². The molecule has 0 aliphatic carbocycles. The number of rotatable bonds is 6. The van der Waals surface area contributed by atoms with E-state index in [-0.39, 0.29) is 29.2 Å². The molecule has 0 aromatic heterocycles. The number of halogens is 5. The van der Waals surface area contributed by atoms with Crippen LogP contribution in [-0.4, -0.2) is 37.6 Å². The van der Waals surface area contributed by atoms with E-state index in [2.05, 4.69) is 5.32 Å². The Morgan fingerprint density at radius 3 is 2.41 bits per heavy atom. The molecule has 0 spiro atoms. The zero-order valence-corrected chi connectivity index (χ0v) is 23.8. The molecule has 1 aliphatic rings. The highest BCUT2D eigenvalue weighted by molar-refractivity contribution is 7.92. The average molecular weight is 611 g/mol. The Morgan fingerprint density at radius 2 is 1.78 bits per heavy atom. The summed E-state index contributed by atoms with van der Waals surface area (Å²) in [6, 6.07) is 11.7. The second-order valence-corrected chi connectivity index (χ2v) is 12.6. The first-order valence-corrected chi connectivity index (χ1v) is 14.3. The molecule has 6 nitrogen and oxygen atoms in total. The van der Waals surface area contributed by atoms with Crippen molar-refractivity contribution < 1.29 is 35.9 Å². The van der Waals surface area contributed by atoms with Gasteiger partial charge in [0.05, 0.1) is 33.8 Å². The minimum atomic E-state index is -4.77. The summed E-state index contributed by atoms with van der Waals surface area (Å²) in [5.74, 6) is -1.28. The van der Waals surface area contributed by atoms with Gasteiger partial charge in [0.25, 0.3) is 15.9 Å². The number of benzene rings is 3. The van der Waals surface area contributed by atoms with E-state index in [9.17, 15) is 35.9 Å². The Balaban J connectivity index is 1.82. The third-order valence-electron chi connectivity index (χ3n) is 6.61. The molecule has 3 aromatic rings. The lowest BCUT2D eigenvalue weighted by molar-refractivity contribution is -0.138. The van der Waals surface area contributed by atoms with E-state index in [0.29, 0.717) is 22.8 Å². The quantitative estimate of drug-likeness (QED) is 0.262. The van der Waals surface area contributed by atoms with Crippen LogP contribution in [0.15, 0.2) is 65.6 Å². The maximum Gasteiger partial charge on any atom is 0.416 e. The van der Waals surface area contributed by atoms with Gasteiger partial charge >= 0.3 is 6.18 Å². The molecule has 218 valence electrons. The molecule has 4 rings (SSSR count). The summed E-state index contributed by atoms with van der Waals surface area (Å²) in [5, 5.41) is 12.9. The SMILES string of the molecule is C/C(=C\c1ccc2c(c1)N(S(=O)(=O)c1cccc(C(F)(F)F)c1)C[C@H](NC(=O)C(C)(C)O)C2)c1c(F)cccc1Cl. The number of anilines is 1. The van der Waals surface area contributed by atoms with Gasteiger partial charge in [0, 0.05) is 5.56 Å². The number of nitrogens with zero attached hydrogens (tertiary/aromatic N) is 1. The van der Waals surface area contributed by atoms with E-state index in [1.807, 2.05) is 0 Å². The molecule has 0 unspecified atom stereocenters. The van der Waals surface area contributed by atoms with E-state index in [1.54, 1.807) is 25.1 Å². The lowest BCUT2D eigenvalue weighted by Crippen LogP contribution is -2.54. The number of hydrogen-bond donors (Lipinski definition) is 2. The Morgan fingerprint density at radius 1 is 1.10 bits per heavy atom. The van der Waals surface area contributed by atoms with E-state index >= 15 is 0 Å².